The molecular weight excluding hydrogens is 454 g/mol. The van der Waals surface area contributed by atoms with Crippen molar-refractivity contribution in [3.05, 3.63) is 58.9 Å². The molecule has 1 unspecified atom stereocenters. The maximum Gasteiger partial charge on any atom is 0.267 e. The van der Waals surface area contributed by atoms with E-state index in [0.717, 1.165) is 11.1 Å². The normalized spacial score (nSPS) is 17.5. The molecule has 0 saturated carbocycles. The van der Waals surface area contributed by atoms with Crippen LogP contribution in [0.2, 0.25) is 0 Å². The number of nitrogens with zero attached hydrogens (tertiary/aromatic N) is 4. The highest BCUT2D eigenvalue weighted by Crippen LogP contribution is 2.31. The summed E-state index contributed by atoms with van der Waals surface area (Å²) in [4.78, 5) is 29.5. The summed E-state index contributed by atoms with van der Waals surface area (Å²) in [5.41, 5.74) is 1.99. The van der Waals surface area contributed by atoms with Gasteiger partial charge in [0.15, 0.2) is 22.1 Å². The lowest BCUT2D eigenvalue weighted by Gasteiger charge is -2.37. The lowest BCUT2D eigenvalue weighted by atomic mass is 10.1. The average molecular weight is 480 g/mol. The number of para-hydroxylation sites is 2. The van der Waals surface area contributed by atoms with Crippen molar-refractivity contribution in [2.45, 2.75) is 19.6 Å². The van der Waals surface area contributed by atoms with Crippen LogP contribution >= 0.6 is 12.2 Å². The number of carbonyl (C=O) groups excluding carboxylic acids is 2. The summed E-state index contributed by atoms with van der Waals surface area (Å²) in [6.07, 6.45) is -0.682. The van der Waals surface area contributed by atoms with Gasteiger partial charge >= 0.3 is 0 Å². The molecule has 10 heteroatoms. The van der Waals surface area contributed by atoms with E-state index in [0.29, 0.717) is 48.3 Å². The lowest BCUT2D eigenvalue weighted by Crippen LogP contribution is -2.55. The average Bonchev–Trinajstić information content (AvgIpc) is 3.23. The Morgan fingerprint density at radius 3 is 2.56 bits per heavy atom. The van der Waals surface area contributed by atoms with Crippen molar-refractivity contribution >= 4 is 24.0 Å². The van der Waals surface area contributed by atoms with Gasteiger partial charge in [0.25, 0.3) is 5.91 Å². The fourth-order valence-corrected chi connectivity index (χ4v) is 4.42. The number of piperazine rings is 1. The van der Waals surface area contributed by atoms with Crippen LogP contribution in [0, 0.1) is 11.7 Å². The Balaban J connectivity index is 1.20. The van der Waals surface area contributed by atoms with Crippen LogP contribution in [0.15, 0.2) is 48.5 Å². The maximum absolute atomic E-state index is 13.1. The minimum atomic E-state index is -0.682. The first-order valence-corrected chi connectivity index (χ1v) is 11.6. The van der Waals surface area contributed by atoms with Crippen LogP contribution in [0.1, 0.15) is 5.56 Å². The number of fused-ring (bicyclic) bond motifs is 1. The molecule has 3 aromatic rings. The molecule has 2 aromatic carbocycles. The Morgan fingerprint density at radius 1 is 1.06 bits per heavy atom. The smallest absolute Gasteiger partial charge is 0.267 e. The van der Waals surface area contributed by atoms with Gasteiger partial charge in [0.05, 0.1) is 0 Å². The van der Waals surface area contributed by atoms with Crippen LogP contribution in [-0.2, 0) is 16.1 Å². The van der Waals surface area contributed by atoms with E-state index in [4.69, 9.17) is 21.7 Å². The molecular formula is C24H25N5O4S. The number of rotatable bonds is 4. The summed E-state index contributed by atoms with van der Waals surface area (Å²) < 4.78 is 13.6. The first kappa shape index (κ1) is 22.1. The highest BCUT2D eigenvalue weighted by molar-refractivity contribution is 7.71. The summed E-state index contributed by atoms with van der Waals surface area (Å²) in [5, 5.41) is 7.12. The Morgan fingerprint density at radius 2 is 1.79 bits per heavy atom. The van der Waals surface area contributed by atoms with Crippen molar-refractivity contribution in [2.24, 2.45) is 0 Å². The predicted octanol–water partition coefficient (Wildman–Crippen LogP) is 2.43. The molecule has 176 valence electrons. The quantitative estimate of drug-likeness (QED) is 0.578. The van der Waals surface area contributed by atoms with Crippen LogP contribution in [0.3, 0.4) is 0 Å². The summed E-state index contributed by atoms with van der Waals surface area (Å²) in [5.74, 6) is 1.66. The molecule has 2 amide bonds. The van der Waals surface area contributed by atoms with Gasteiger partial charge in [0.1, 0.15) is 13.2 Å². The predicted molar refractivity (Wildman–Crippen MR) is 127 cm³/mol. The number of hydrogen-bond donors (Lipinski definition) is 1. The molecule has 0 radical (unpaired) electrons. The lowest BCUT2D eigenvalue weighted by molar-refractivity contribution is -0.146. The molecule has 5 rings (SSSR count). The number of hydrogen-bond acceptors (Lipinski definition) is 6. The number of benzene rings is 2. The minimum Gasteiger partial charge on any atom is -0.485 e. The van der Waals surface area contributed by atoms with Gasteiger partial charge in [-0.3, -0.25) is 19.3 Å². The minimum absolute atomic E-state index is 0.0651. The fraction of sp³-hybridized carbons (Fsp3) is 0.333. The highest BCUT2D eigenvalue weighted by Gasteiger charge is 2.33. The van der Waals surface area contributed by atoms with Crippen LogP contribution in [0.4, 0.5) is 0 Å². The van der Waals surface area contributed by atoms with E-state index in [9.17, 15) is 9.59 Å². The maximum atomic E-state index is 13.1. The molecule has 1 aromatic heterocycles. The Bertz CT molecular complexity index is 1280. The van der Waals surface area contributed by atoms with E-state index in [1.165, 1.54) is 0 Å². The summed E-state index contributed by atoms with van der Waals surface area (Å²) >= 11 is 5.37. The summed E-state index contributed by atoms with van der Waals surface area (Å²) in [6, 6.07) is 15.2. The van der Waals surface area contributed by atoms with Crippen molar-refractivity contribution in [3.63, 3.8) is 0 Å². The second-order valence-electron chi connectivity index (χ2n) is 8.38. The summed E-state index contributed by atoms with van der Waals surface area (Å²) in [6.45, 7) is 4.03. The molecule has 1 N–H and O–H groups in total. The molecule has 1 atom stereocenters. The number of H-pyrrole nitrogens is 1. The number of aryl methyl sites for hydroxylation is 1. The van der Waals surface area contributed by atoms with Gasteiger partial charge in [0.2, 0.25) is 12.0 Å². The zero-order chi connectivity index (χ0) is 23.7. The standard InChI is InChI=1S/C24H25N5O4S/c1-16-5-4-6-17(13-16)22-25-26-24(34)29(22)14-21(30)27-9-11-28(12-10-27)23(31)20-15-32-18-7-2-3-8-19(18)33-20/h2-8,13,20H,9-12,14-15H2,1H3,(H,26,34). The van der Waals surface area contributed by atoms with Gasteiger partial charge < -0.3 is 19.3 Å². The number of aromatic amines is 1. The second-order valence-corrected chi connectivity index (χ2v) is 8.76. The molecule has 1 saturated heterocycles. The van der Waals surface area contributed by atoms with E-state index < -0.39 is 6.10 Å². The third kappa shape index (κ3) is 4.41. The van der Waals surface area contributed by atoms with E-state index in [1.54, 1.807) is 20.4 Å². The second kappa shape index (κ2) is 9.30. The highest BCUT2D eigenvalue weighted by atomic mass is 32.1. The SMILES string of the molecule is Cc1cccc(-c2n[nH]c(=S)n2CC(=O)N2CCN(C(=O)C3COc4ccccc4O3)CC2)c1. The van der Waals surface area contributed by atoms with E-state index in [1.807, 2.05) is 49.4 Å². The molecule has 9 nitrogen and oxygen atoms in total. The van der Waals surface area contributed by atoms with Crippen molar-refractivity contribution < 1.29 is 19.1 Å². The molecule has 3 heterocycles. The number of nitrogens with one attached hydrogen (secondary N) is 1. The van der Waals surface area contributed by atoms with Gasteiger partial charge in [-0.2, -0.15) is 5.10 Å². The van der Waals surface area contributed by atoms with Gasteiger partial charge in [-0.05, 0) is 37.3 Å². The van der Waals surface area contributed by atoms with Crippen LogP contribution in [0.5, 0.6) is 11.5 Å². The van der Waals surface area contributed by atoms with Crippen molar-refractivity contribution in [1.82, 2.24) is 24.6 Å². The first-order valence-electron chi connectivity index (χ1n) is 11.2. The van der Waals surface area contributed by atoms with Gasteiger partial charge in [-0.25, -0.2) is 0 Å². The van der Waals surface area contributed by atoms with Crippen molar-refractivity contribution in [1.29, 1.82) is 0 Å². The zero-order valence-electron chi connectivity index (χ0n) is 18.8. The van der Waals surface area contributed by atoms with E-state index in [-0.39, 0.29) is 25.0 Å². The molecule has 2 aliphatic heterocycles. The van der Waals surface area contributed by atoms with Crippen LogP contribution in [0.25, 0.3) is 11.4 Å². The molecule has 34 heavy (non-hydrogen) atoms. The van der Waals surface area contributed by atoms with E-state index in [2.05, 4.69) is 10.2 Å². The fourth-order valence-electron chi connectivity index (χ4n) is 4.23. The van der Waals surface area contributed by atoms with Crippen molar-refractivity contribution in [2.75, 3.05) is 32.8 Å². The Hall–Kier alpha value is -3.66. The summed E-state index contributed by atoms with van der Waals surface area (Å²) in [7, 11) is 0. The molecule has 1 fully saturated rings. The van der Waals surface area contributed by atoms with E-state index >= 15 is 0 Å². The van der Waals surface area contributed by atoms with Gasteiger partial charge in [-0.1, -0.05) is 35.9 Å². The topological polar surface area (TPSA) is 92.7 Å². The molecule has 0 spiro atoms. The number of carbonyl (C=O) groups is 2. The monoisotopic (exact) mass is 479 g/mol. The first-order chi connectivity index (χ1) is 16.5. The number of ether oxygens (including phenoxy) is 2. The molecule has 0 aliphatic carbocycles. The molecule has 2 aliphatic rings. The third-order valence-electron chi connectivity index (χ3n) is 6.06. The van der Waals surface area contributed by atoms with Crippen LogP contribution in [-0.4, -0.2) is 75.3 Å². The zero-order valence-corrected chi connectivity index (χ0v) is 19.6. The number of aromatic nitrogens is 3. The van der Waals surface area contributed by atoms with Crippen LogP contribution < -0.4 is 9.47 Å². The Kier molecular flexibility index (Phi) is 6.06. The third-order valence-corrected chi connectivity index (χ3v) is 6.37. The van der Waals surface area contributed by atoms with Gasteiger partial charge in [-0.15, -0.1) is 0 Å². The largest absolute Gasteiger partial charge is 0.485 e. The molecule has 0 bridgehead atoms. The van der Waals surface area contributed by atoms with Crippen molar-refractivity contribution in [3.8, 4) is 22.9 Å². The number of amides is 2. The Labute approximate surface area is 201 Å². The van der Waals surface area contributed by atoms with Gasteiger partial charge in [0, 0.05) is 31.7 Å².